The van der Waals surface area contributed by atoms with Crippen LogP contribution in [0.5, 0.6) is 11.5 Å². The second-order valence-corrected chi connectivity index (χ2v) is 6.52. The van der Waals surface area contributed by atoms with Gasteiger partial charge in [0.2, 0.25) is 0 Å². The first kappa shape index (κ1) is 21.6. The van der Waals surface area contributed by atoms with Crippen LogP contribution in [0.1, 0.15) is 35.7 Å². The largest absolute Gasteiger partial charge is 0.493 e. The molecule has 0 aliphatic rings. The summed E-state index contributed by atoms with van der Waals surface area (Å²) in [7, 11) is 1.45. The second-order valence-electron chi connectivity index (χ2n) is 6.11. The summed E-state index contributed by atoms with van der Waals surface area (Å²) in [5.41, 5.74) is 1.30. The number of amides is 1. The fraction of sp³-hybridized carbons (Fsp3) is 0.333. The van der Waals surface area contributed by atoms with Crippen LogP contribution in [0, 0.1) is 0 Å². The molecule has 0 spiro atoms. The predicted molar refractivity (Wildman–Crippen MR) is 107 cm³/mol. The minimum absolute atomic E-state index is 0.148. The summed E-state index contributed by atoms with van der Waals surface area (Å²) in [6, 6.07) is 12.7. The van der Waals surface area contributed by atoms with Crippen molar-refractivity contribution < 1.29 is 23.8 Å². The van der Waals surface area contributed by atoms with E-state index in [0.717, 1.165) is 5.56 Å². The van der Waals surface area contributed by atoms with Crippen molar-refractivity contribution in [2.24, 2.45) is 0 Å². The summed E-state index contributed by atoms with van der Waals surface area (Å²) in [4.78, 5) is 24.2. The lowest BCUT2D eigenvalue weighted by Crippen LogP contribution is -2.31. The van der Waals surface area contributed by atoms with Gasteiger partial charge in [-0.3, -0.25) is 4.79 Å². The lowest BCUT2D eigenvalue weighted by atomic mass is 10.0. The monoisotopic (exact) mass is 405 g/mol. The van der Waals surface area contributed by atoms with E-state index >= 15 is 0 Å². The Labute approximate surface area is 169 Å². The number of rotatable bonds is 9. The maximum atomic E-state index is 12.2. The Morgan fingerprint density at radius 2 is 1.89 bits per heavy atom. The zero-order valence-electron chi connectivity index (χ0n) is 16.2. The molecule has 0 saturated carbocycles. The molecule has 1 N–H and O–H groups in total. The number of halogens is 1. The number of benzene rings is 2. The fourth-order valence-corrected chi connectivity index (χ4v) is 2.82. The van der Waals surface area contributed by atoms with E-state index in [2.05, 4.69) is 5.32 Å². The molecule has 0 heterocycles. The van der Waals surface area contributed by atoms with E-state index in [-0.39, 0.29) is 29.0 Å². The van der Waals surface area contributed by atoms with Crippen molar-refractivity contribution >= 4 is 23.5 Å². The third kappa shape index (κ3) is 5.89. The lowest BCUT2D eigenvalue weighted by Gasteiger charge is -2.14. The third-order valence-electron chi connectivity index (χ3n) is 4.06. The zero-order valence-corrected chi connectivity index (χ0v) is 16.9. The fourth-order valence-electron chi connectivity index (χ4n) is 2.55. The molecular weight excluding hydrogens is 382 g/mol. The Morgan fingerprint density at radius 3 is 2.54 bits per heavy atom. The molecule has 0 saturated heterocycles. The number of nitrogens with one attached hydrogen (secondary N) is 1. The first-order chi connectivity index (χ1) is 13.5. The summed E-state index contributed by atoms with van der Waals surface area (Å²) in [5, 5.41) is 2.99. The smallest absolute Gasteiger partial charge is 0.338 e. The molecule has 7 heteroatoms. The van der Waals surface area contributed by atoms with Gasteiger partial charge in [-0.2, -0.15) is 0 Å². The average molecular weight is 406 g/mol. The molecule has 2 aromatic rings. The molecule has 0 aliphatic carbocycles. The molecule has 1 atom stereocenters. The quantitative estimate of drug-likeness (QED) is 0.642. The topological polar surface area (TPSA) is 73.9 Å². The van der Waals surface area contributed by atoms with Gasteiger partial charge in [-0.05, 0) is 30.5 Å². The Morgan fingerprint density at radius 1 is 1.18 bits per heavy atom. The second kappa shape index (κ2) is 10.6. The van der Waals surface area contributed by atoms with E-state index in [0.29, 0.717) is 24.7 Å². The first-order valence-electron chi connectivity index (χ1n) is 8.95. The third-order valence-corrected chi connectivity index (χ3v) is 4.34. The van der Waals surface area contributed by atoms with Crippen LogP contribution in [-0.2, 0) is 9.53 Å². The zero-order chi connectivity index (χ0) is 20.5. The highest BCUT2D eigenvalue weighted by Gasteiger charge is 2.17. The molecule has 2 aromatic carbocycles. The molecule has 150 valence electrons. The average Bonchev–Trinajstić information content (AvgIpc) is 2.72. The van der Waals surface area contributed by atoms with Crippen molar-refractivity contribution in [1.82, 2.24) is 5.32 Å². The van der Waals surface area contributed by atoms with Gasteiger partial charge in [0.15, 0.2) is 18.1 Å². The highest BCUT2D eigenvalue weighted by Crippen LogP contribution is 2.36. The minimum atomic E-state index is -0.672. The molecule has 0 radical (unpaired) electrons. The molecule has 1 amide bonds. The normalized spacial score (nSPS) is 11.4. The van der Waals surface area contributed by atoms with Crippen LogP contribution < -0.4 is 14.8 Å². The van der Waals surface area contributed by atoms with Crippen LogP contribution in [0.15, 0.2) is 42.5 Å². The Balaban J connectivity index is 1.89. The summed E-state index contributed by atoms with van der Waals surface area (Å²) in [6.07, 6.45) is 0. The Bertz CT molecular complexity index is 810. The Hall–Kier alpha value is -2.73. The van der Waals surface area contributed by atoms with Crippen molar-refractivity contribution in [3.63, 3.8) is 0 Å². The van der Waals surface area contributed by atoms with Gasteiger partial charge in [-0.25, -0.2) is 4.79 Å². The number of esters is 1. The molecular formula is C21H24ClNO5. The van der Waals surface area contributed by atoms with Crippen LogP contribution >= 0.6 is 11.6 Å². The van der Waals surface area contributed by atoms with Crippen molar-refractivity contribution in [2.75, 3.05) is 26.9 Å². The van der Waals surface area contributed by atoms with Crippen molar-refractivity contribution in [3.05, 3.63) is 58.6 Å². The maximum Gasteiger partial charge on any atom is 0.338 e. The number of ether oxygens (including phenoxy) is 3. The van der Waals surface area contributed by atoms with Gasteiger partial charge in [-0.15, -0.1) is 0 Å². The summed E-state index contributed by atoms with van der Waals surface area (Å²) in [6.45, 7) is 4.29. The molecule has 2 rings (SSSR count). The van der Waals surface area contributed by atoms with Crippen molar-refractivity contribution in [3.8, 4) is 11.5 Å². The van der Waals surface area contributed by atoms with E-state index < -0.39 is 5.97 Å². The van der Waals surface area contributed by atoms with Gasteiger partial charge >= 0.3 is 5.97 Å². The number of carbonyl (C=O) groups excluding carboxylic acids is 2. The molecule has 0 fully saturated rings. The SMILES string of the molecule is CCOc1c(Cl)cc(C(=O)OCC(=O)NC[C@H](C)c2ccccc2)cc1OC. The van der Waals surface area contributed by atoms with E-state index in [1.807, 2.05) is 44.2 Å². The molecule has 6 nitrogen and oxygen atoms in total. The molecule has 0 aliphatic heterocycles. The minimum Gasteiger partial charge on any atom is -0.493 e. The summed E-state index contributed by atoms with van der Waals surface area (Å²) >= 11 is 6.15. The summed E-state index contributed by atoms with van der Waals surface area (Å²) in [5.74, 6) is -0.219. The molecule has 0 bridgehead atoms. The lowest BCUT2D eigenvalue weighted by molar-refractivity contribution is -0.124. The number of methoxy groups -OCH3 is 1. The summed E-state index contributed by atoms with van der Waals surface area (Å²) < 4.78 is 15.7. The highest BCUT2D eigenvalue weighted by molar-refractivity contribution is 6.32. The van der Waals surface area contributed by atoms with Gasteiger partial charge in [0.05, 0.1) is 24.3 Å². The molecule has 0 unspecified atom stereocenters. The van der Waals surface area contributed by atoms with Crippen LogP contribution in [0.4, 0.5) is 0 Å². The number of carbonyl (C=O) groups is 2. The van der Waals surface area contributed by atoms with Crippen LogP contribution in [0.3, 0.4) is 0 Å². The number of hydrogen-bond acceptors (Lipinski definition) is 5. The van der Waals surface area contributed by atoms with Gasteiger partial charge in [0, 0.05) is 6.54 Å². The van der Waals surface area contributed by atoms with Crippen LogP contribution in [0.25, 0.3) is 0 Å². The van der Waals surface area contributed by atoms with Gasteiger partial charge in [0.25, 0.3) is 5.91 Å². The van der Waals surface area contributed by atoms with Crippen LogP contribution in [-0.4, -0.2) is 38.7 Å². The van der Waals surface area contributed by atoms with Crippen molar-refractivity contribution in [2.45, 2.75) is 19.8 Å². The van der Waals surface area contributed by atoms with Crippen molar-refractivity contribution in [1.29, 1.82) is 0 Å². The van der Waals surface area contributed by atoms with E-state index in [9.17, 15) is 9.59 Å². The Kier molecular flexibility index (Phi) is 8.14. The standard InChI is InChI=1S/C21H24ClNO5/c1-4-27-20-17(22)10-16(11-18(20)26-3)21(25)28-13-19(24)23-12-14(2)15-8-6-5-7-9-15/h5-11,14H,4,12-13H2,1-3H3,(H,23,24)/t14-/m0/s1. The molecule has 28 heavy (non-hydrogen) atoms. The predicted octanol–water partition coefficient (Wildman–Crippen LogP) is 3.82. The number of hydrogen-bond donors (Lipinski definition) is 1. The maximum absolute atomic E-state index is 12.2. The van der Waals surface area contributed by atoms with Crippen LogP contribution in [0.2, 0.25) is 5.02 Å². The van der Waals surface area contributed by atoms with E-state index in [1.54, 1.807) is 0 Å². The van der Waals surface area contributed by atoms with E-state index in [1.165, 1.54) is 19.2 Å². The van der Waals surface area contributed by atoms with E-state index in [4.69, 9.17) is 25.8 Å². The van der Waals surface area contributed by atoms with Gasteiger partial charge < -0.3 is 19.5 Å². The molecule has 0 aromatic heterocycles. The van der Waals surface area contributed by atoms with Gasteiger partial charge in [-0.1, -0.05) is 48.9 Å². The highest BCUT2D eigenvalue weighted by atomic mass is 35.5. The van der Waals surface area contributed by atoms with Gasteiger partial charge in [0.1, 0.15) is 0 Å². The first-order valence-corrected chi connectivity index (χ1v) is 9.33.